The van der Waals surface area contributed by atoms with Crippen molar-refractivity contribution in [1.29, 1.82) is 0 Å². The van der Waals surface area contributed by atoms with Crippen molar-refractivity contribution in [2.45, 2.75) is 38.0 Å². The Morgan fingerprint density at radius 1 is 0.711 bits per heavy atom. The van der Waals surface area contributed by atoms with Gasteiger partial charge in [-0.1, -0.05) is 84.9 Å². The van der Waals surface area contributed by atoms with Gasteiger partial charge in [-0.2, -0.15) is 13.2 Å². The highest BCUT2D eigenvalue weighted by molar-refractivity contribution is 5.85. The first-order chi connectivity index (χ1) is 21.3. The number of hydrogen-bond donors (Lipinski definition) is 6. The highest BCUT2D eigenvalue weighted by Crippen LogP contribution is 2.23. The SMILES string of the molecule is C[C@@H](NC(=O)NCCC(=O)NCC(=O)NC(CC(=O)O)c1ccc(-c2ccccc2)cc1)c1ccccc1.O=C(O)C(F)(F)F. The molecule has 3 aromatic rings. The lowest BCUT2D eigenvalue weighted by Crippen LogP contribution is -2.41. The number of carboxylic acid groups (broad SMARTS) is 2. The predicted molar refractivity (Wildman–Crippen MR) is 158 cm³/mol. The molecular weight excluding hydrogens is 597 g/mol. The maximum atomic E-state index is 12.4. The molecular formula is C31H33F3N4O7. The molecule has 0 aliphatic heterocycles. The van der Waals surface area contributed by atoms with Crippen molar-refractivity contribution in [2.24, 2.45) is 0 Å². The van der Waals surface area contributed by atoms with Gasteiger partial charge in [-0.15, -0.1) is 0 Å². The lowest BCUT2D eigenvalue weighted by molar-refractivity contribution is -0.192. The average Bonchev–Trinajstić information content (AvgIpc) is 3.00. The lowest BCUT2D eigenvalue weighted by Gasteiger charge is -2.18. The summed E-state index contributed by atoms with van der Waals surface area (Å²) >= 11 is 0. The molecule has 0 bridgehead atoms. The van der Waals surface area contributed by atoms with Crippen LogP contribution in [0.5, 0.6) is 0 Å². The third-order valence-electron chi connectivity index (χ3n) is 6.11. The fourth-order valence-electron chi connectivity index (χ4n) is 3.84. The first kappa shape index (κ1) is 35.8. The van der Waals surface area contributed by atoms with Crippen LogP contribution in [0.3, 0.4) is 0 Å². The molecule has 0 aliphatic carbocycles. The van der Waals surface area contributed by atoms with Crippen LogP contribution in [0.4, 0.5) is 18.0 Å². The van der Waals surface area contributed by atoms with Crippen molar-refractivity contribution in [1.82, 2.24) is 21.3 Å². The van der Waals surface area contributed by atoms with E-state index in [1.54, 1.807) is 12.1 Å². The first-order valence-electron chi connectivity index (χ1n) is 13.6. The van der Waals surface area contributed by atoms with E-state index < -0.39 is 42.0 Å². The molecule has 45 heavy (non-hydrogen) atoms. The number of halogens is 3. The summed E-state index contributed by atoms with van der Waals surface area (Å²) in [6, 6.07) is 25.2. The molecule has 11 nitrogen and oxygen atoms in total. The van der Waals surface area contributed by atoms with Crippen LogP contribution in [0, 0.1) is 0 Å². The monoisotopic (exact) mass is 630 g/mol. The Kier molecular flexibility index (Phi) is 14.0. The zero-order valence-electron chi connectivity index (χ0n) is 24.1. The molecule has 240 valence electrons. The van der Waals surface area contributed by atoms with Crippen molar-refractivity contribution in [3.63, 3.8) is 0 Å². The molecule has 3 rings (SSSR count). The fourth-order valence-corrected chi connectivity index (χ4v) is 3.84. The van der Waals surface area contributed by atoms with Crippen LogP contribution >= 0.6 is 0 Å². The second kappa shape index (κ2) is 17.7. The minimum Gasteiger partial charge on any atom is -0.481 e. The van der Waals surface area contributed by atoms with E-state index in [0.717, 1.165) is 16.7 Å². The molecule has 6 N–H and O–H groups in total. The molecule has 0 aromatic heterocycles. The number of aliphatic carboxylic acids is 2. The van der Waals surface area contributed by atoms with E-state index in [1.807, 2.05) is 79.7 Å². The van der Waals surface area contributed by atoms with Gasteiger partial charge in [0, 0.05) is 13.0 Å². The summed E-state index contributed by atoms with van der Waals surface area (Å²) in [5.74, 6) is -4.75. The van der Waals surface area contributed by atoms with Crippen LogP contribution in [0.1, 0.15) is 43.0 Å². The van der Waals surface area contributed by atoms with E-state index in [2.05, 4.69) is 21.3 Å². The summed E-state index contributed by atoms with van der Waals surface area (Å²) in [5.41, 5.74) is 3.60. The molecule has 4 amide bonds. The Balaban J connectivity index is 0.000000900. The van der Waals surface area contributed by atoms with Crippen molar-refractivity contribution < 1.29 is 47.4 Å². The largest absolute Gasteiger partial charge is 0.490 e. The van der Waals surface area contributed by atoms with Gasteiger partial charge in [0.25, 0.3) is 0 Å². The van der Waals surface area contributed by atoms with Crippen LogP contribution in [0.25, 0.3) is 11.1 Å². The van der Waals surface area contributed by atoms with Crippen molar-refractivity contribution in [3.8, 4) is 11.1 Å². The molecule has 14 heteroatoms. The van der Waals surface area contributed by atoms with Crippen molar-refractivity contribution in [2.75, 3.05) is 13.1 Å². The third-order valence-corrected chi connectivity index (χ3v) is 6.11. The van der Waals surface area contributed by atoms with Gasteiger partial charge in [-0.3, -0.25) is 14.4 Å². The number of carboxylic acids is 2. The van der Waals surface area contributed by atoms with Gasteiger partial charge in [-0.05, 0) is 29.2 Å². The maximum absolute atomic E-state index is 12.4. The summed E-state index contributed by atoms with van der Waals surface area (Å²) in [5, 5.41) is 27.0. The van der Waals surface area contributed by atoms with E-state index in [-0.39, 0.29) is 32.0 Å². The highest BCUT2D eigenvalue weighted by atomic mass is 19.4. The standard InChI is InChI=1S/C29H32N4O5.C2HF3O2/c1-20(21-8-4-2-5-9-21)32-29(38)30-17-16-26(34)31-19-27(35)33-25(18-28(36)37)24-14-12-23(13-15-24)22-10-6-3-7-11-22;3-2(4,5)1(6)7/h2-15,20,25H,16-19H2,1H3,(H,31,34)(H,33,35)(H,36,37)(H2,30,32,38);(H,6,7)/t20-,25?;/m1./s1. The van der Waals surface area contributed by atoms with Crippen LogP contribution in [0.15, 0.2) is 84.9 Å². The summed E-state index contributed by atoms with van der Waals surface area (Å²) < 4.78 is 31.7. The van der Waals surface area contributed by atoms with Crippen molar-refractivity contribution >= 4 is 29.8 Å². The quantitative estimate of drug-likeness (QED) is 0.174. The van der Waals surface area contributed by atoms with Gasteiger partial charge < -0.3 is 31.5 Å². The van der Waals surface area contributed by atoms with Crippen LogP contribution in [0.2, 0.25) is 0 Å². The average molecular weight is 631 g/mol. The summed E-state index contributed by atoms with van der Waals surface area (Å²) in [7, 11) is 0. The van der Waals surface area contributed by atoms with Gasteiger partial charge in [0.1, 0.15) is 0 Å². The molecule has 0 saturated heterocycles. The fraction of sp³-hybridized carbons (Fsp3) is 0.258. The van der Waals surface area contributed by atoms with Crippen LogP contribution in [-0.4, -0.2) is 59.3 Å². The van der Waals surface area contributed by atoms with Gasteiger partial charge in [0.15, 0.2) is 0 Å². The predicted octanol–water partition coefficient (Wildman–Crippen LogP) is 4.19. The van der Waals surface area contributed by atoms with Crippen LogP contribution in [-0.2, 0) is 19.2 Å². The Morgan fingerprint density at radius 3 is 1.78 bits per heavy atom. The zero-order chi connectivity index (χ0) is 33.4. The molecule has 3 aromatic carbocycles. The van der Waals surface area contributed by atoms with Gasteiger partial charge >= 0.3 is 24.1 Å². The van der Waals surface area contributed by atoms with Gasteiger partial charge in [0.2, 0.25) is 11.8 Å². The van der Waals surface area contributed by atoms with Gasteiger partial charge in [-0.25, -0.2) is 9.59 Å². The van der Waals surface area contributed by atoms with Crippen LogP contribution < -0.4 is 21.3 Å². The zero-order valence-corrected chi connectivity index (χ0v) is 24.1. The Labute approximate surface area is 256 Å². The molecule has 0 spiro atoms. The molecule has 0 fully saturated rings. The number of rotatable bonds is 12. The third kappa shape index (κ3) is 13.6. The highest BCUT2D eigenvalue weighted by Gasteiger charge is 2.38. The molecule has 2 atom stereocenters. The number of alkyl halides is 3. The Bertz CT molecular complexity index is 1420. The molecule has 0 heterocycles. The number of carbonyl (C=O) groups is 5. The van der Waals surface area contributed by atoms with Gasteiger partial charge in [0.05, 0.1) is 25.0 Å². The second-order valence-corrected chi connectivity index (χ2v) is 9.57. The Hall–Kier alpha value is -5.40. The minimum atomic E-state index is -5.08. The number of nitrogens with one attached hydrogen (secondary N) is 4. The van der Waals surface area contributed by atoms with E-state index in [1.165, 1.54) is 0 Å². The van der Waals surface area contributed by atoms with E-state index >= 15 is 0 Å². The summed E-state index contributed by atoms with van der Waals surface area (Å²) in [4.78, 5) is 56.9. The van der Waals surface area contributed by atoms with E-state index in [9.17, 15) is 37.5 Å². The smallest absolute Gasteiger partial charge is 0.481 e. The number of carbonyl (C=O) groups excluding carboxylic acids is 3. The molecule has 0 aliphatic rings. The maximum Gasteiger partial charge on any atom is 0.490 e. The molecule has 0 radical (unpaired) electrons. The molecule has 1 unspecified atom stereocenters. The normalized spacial score (nSPS) is 11.9. The summed E-state index contributed by atoms with van der Waals surface area (Å²) in [6.45, 7) is 1.64. The topological polar surface area (TPSA) is 174 Å². The number of amides is 4. The van der Waals surface area contributed by atoms with E-state index in [4.69, 9.17) is 9.90 Å². The molecule has 0 saturated carbocycles. The first-order valence-corrected chi connectivity index (χ1v) is 13.6. The summed E-state index contributed by atoms with van der Waals surface area (Å²) in [6.07, 6.45) is -5.40. The number of benzene rings is 3. The van der Waals surface area contributed by atoms with E-state index in [0.29, 0.717) is 5.56 Å². The second-order valence-electron chi connectivity index (χ2n) is 9.57. The number of urea groups is 1. The Morgan fingerprint density at radius 2 is 1.24 bits per heavy atom. The van der Waals surface area contributed by atoms with Crippen molar-refractivity contribution in [3.05, 3.63) is 96.1 Å². The lowest BCUT2D eigenvalue weighted by atomic mass is 9.99. The minimum absolute atomic E-state index is 0.0140. The number of hydrogen-bond acceptors (Lipinski definition) is 5.